The Labute approximate surface area is 103 Å². The van der Waals surface area contributed by atoms with Crippen LogP contribution in [0.2, 0.25) is 0 Å². The van der Waals surface area contributed by atoms with Crippen LogP contribution in [-0.2, 0) is 9.84 Å². The maximum atomic E-state index is 11.9. The molecule has 0 bridgehead atoms. The van der Waals surface area contributed by atoms with E-state index < -0.39 is 19.3 Å². The van der Waals surface area contributed by atoms with E-state index in [1.807, 2.05) is 0 Å². The number of rotatable bonds is 3. The Morgan fingerprint density at radius 2 is 2.06 bits per heavy atom. The molecule has 0 aromatic rings. The molecule has 0 radical (unpaired) electrons. The minimum absolute atomic E-state index is 0.122. The molecule has 16 heavy (non-hydrogen) atoms. The molecule has 0 N–H and O–H groups in total. The maximum Gasteiger partial charge on any atom is 0.155 e. The third kappa shape index (κ3) is 2.92. The van der Waals surface area contributed by atoms with Gasteiger partial charge in [-0.2, -0.15) is 5.26 Å². The fourth-order valence-electron chi connectivity index (χ4n) is 1.64. The van der Waals surface area contributed by atoms with Crippen LogP contribution in [0.3, 0.4) is 0 Å². The van der Waals surface area contributed by atoms with Crippen molar-refractivity contribution in [3.05, 3.63) is 0 Å². The highest BCUT2D eigenvalue weighted by Crippen LogP contribution is 2.41. The van der Waals surface area contributed by atoms with Gasteiger partial charge in [0.2, 0.25) is 0 Å². The van der Waals surface area contributed by atoms with Crippen LogP contribution < -0.4 is 0 Å². The summed E-state index contributed by atoms with van der Waals surface area (Å²) in [6.07, 6.45) is 2.31. The largest absolute Gasteiger partial charge is 0.228 e. The molecule has 3 nitrogen and oxygen atoms in total. The third-order valence-electron chi connectivity index (χ3n) is 3.01. The molecular formula is C11H19NO2S2. The lowest BCUT2D eigenvalue weighted by atomic mass is 10.0. The number of thioether (sulfide) groups is 1. The molecule has 0 saturated carbocycles. The Kier molecular flexibility index (Phi) is 3.96. The van der Waals surface area contributed by atoms with Crippen molar-refractivity contribution in [1.82, 2.24) is 0 Å². The summed E-state index contributed by atoms with van der Waals surface area (Å²) in [4.78, 5) is 0. The summed E-state index contributed by atoms with van der Waals surface area (Å²) >= 11 is 1.62. The quantitative estimate of drug-likeness (QED) is 0.782. The molecule has 0 spiro atoms. The molecule has 0 aliphatic carbocycles. The van der Waals surface area contributed by atoms with E-state index in [1.165, 1.54) is 0 Å². The fraction of sp³-hybridized carbons (Fsp3) is 0.909. The molecule has 1 saturated heterocycles. The smallest absolute Gasteiger partial charge is 0.155 e. The predicted molar refractivity (Wildman–Crippen MR) is 68.2 cm³/mol. The Bertz CT molecular complexity index is 381. The van der Waals surface area contributed by atoms with Crippen LogP contribution in [0.4, 0.5) is 0 Å². The van der Waals surface area contributed by atoms with E-state index >= 15 is 0 Å². The summed E-state index contributed by atoms with van der Waals surface area (Å²) in [5.41, 5.74) is 0. The number of hydrogen-bond donors (Lipinski definition) is 0. The van der Waals surface area contributed by atoms with Crippen LogP contribution in [0.1, 0.15) is 40.0 Å². The van der Waals surface area contributed by atoms with Gasteiger partial charge < -0.3 is 0 Å². The number of nitrogens with zero attached hydrogens (tertiary/aromatic N) is 1. The molecular weight excluding hydrogens is 242 g/mol. The minimum Gasteiger partial charge on any atom is -0.228 e. The molecule has 0 amide bonds. The second kappa shape index (κ2) is 4.58. The van der Waals surface area contributed by atoms with Crippen molar-refractivity contribution >= 4 is 21.6 Å². The van der Waals surface area contributed by atoms with Gasteiger partial charge in [0.05, 0.1) is 16.6 Å². The van der Waals surface area contributed by atoms with E-state index in [1.54, 1.807) is 32.5 Å². The summed E-state index contributed by atoms with van der Waals surface area (Å²) in [6, 6.07) is 2.30. The number of hydrogen-bond acceptors (Lipinski definition) is 4. The molecule has 0 aromatic heterocycles. The lowest BCUT2D eigenvalue weighted by Gasteiger charge is -2.23. The summed E-state index contributed by atoms with van der Waals surface area (Å²) in [7, 11) is -3.10. The van der Waals surface area contributed by atoms with Crippen LogP contribution in [0.25, 0.3) is 0 Å². The second-order valence-corrected chi connectivity index (χ2v) is 9.58. The monoisotopic (exact) mass is 261 g/mol. The highest BCUT2D eigenvalue weighted by Gasteiger charge is 2.38. The summed E-state index contributed by atoms with van der Waals surface area (Å²) in [6.45, 7) is 5.13. The predicted octanol–water partition coefficient (Wildman–Crippen LogP) is 2.38. The van der Waals surface area contributed by atoms with Gasteiger partial charge in [0.15, 0.2) is 9.84 Å². The zero-order valence-electron chi connectivity index (χ0n) is 10.1. The normalized spacial score (nSPS) is 26.6. The van der Waals surface area contributed by atoms with Gasteiger partial charge in [-0.1, -0.05) is 0 Å². The molecule has 1 fully saturated rings. The molecule has 1 unspecified atom stereocenters. The van der Waals surface area contributed by atoms with Crippen molar-refractivity contribution in [1.29, 1.82) is 5.26 Å². The van der Waals surface area contributed by atoms with E-state index in [2.05, 4.69) is 6.07 Å². The van der Waals surface area contributed by atoms with Crippen molar-refractivity contribution in [3.63, 3.8) is 0 Å². The molecule has 1 heterocycles. The Morgan fingerprint density at radius 3 is 2.44 bits per heavy atom. The highest BCUT2D eigenvalue weighted by atomic mass is 32.2. The first-order valence-corrected chi connectivity index (χ1v) is 8.14. The van der Waals surface area contributed by atoms with Crippen LogP contribution in [0.5, 0.6) is 0 Å². The molecule has 92 valence electrons. The zero-order valence-corrected chi connectivity index (χ0v) is 11.7. The van der Waals surface area contributed by atoms with Gasteiger partial charge >= 0.3 is 0 Å². The standard InChI is InChI=1S/C11H19NO2S2/c1-10(2,3)16(13,14)8-6-11(9-12)5-4-7-15-11/h4-8H2,1-3H3. The Balaban J connectivity index is 2.68. The highest BCUT2D eigenvalue weighted by molar-refractivity contribution is 8.01. The molecule has 1 rings (SSSR count). The summed E-state index contributed by atoms with van der Waals surface area (Å²) < 4.78 is 22.7. The van der Waals surface area contributed by atoms with Crippen molar-refractivity contribution in [2.24, 2.45) is 0 Å². The van der Waals surface area contributed by atoms with Gasteiger partial charge in [0.25, 0.3) is 0 Å². The Morgan fingerprint density at radius 1 is 1.44 bits per heavy atom. The SMILES string of the molecule is CC(C)(C)S(=O)(=O)CCC1(C#N)CCCS1. The number of nitriles is 1. The first-order valence-electron chi connectivity index (χ1n) is 5.50. The average Bonchev–Trinajstić information content (AvgIpc) is 2.62. The maximum absolute atomic E-state index is 11.9. The third-order valence-corrected chi connectivity index (χ3v) is 7.17. The molecule has 1 atom stereocenters. The first kappa shape index (κ1) is 13.9. The summed E-state index contributed by atoms with van der Waals surface area (Å²) in [5, 5.41) is 9.15. The summed E-state index contributed by atoms with van der Waals surface area (Å²) in [5.74, 6) is 1.10. The van der Waals surface area contributed by atoms with Crippen molar-refractivity contribution in [2.75, 3.05) is 11.5 Å². The Hall–Kier alpha value is -0.210. The van der Waals surface area contributed by atoms with E-state index in [0.29, 0.717) is 6.42 Å². The van der Waals surface area contributed by atoms with Crippen molar-refractivity contribution < 1.29 is 8.42 Å². The first-order chi connectivity index (χ1) is 7.22. The van der Waals surface area contributed by atoms with Crippen LogP contribution in [-0.4, -0.2) is 29.4 Å². The van der Waals surface area contributed by atoms with Crippen molar-refractivity contribution in [2.45, 2.75) is 49.5 Å². The van der Waals surface area contributed by atoms with E-state index in [9.17, 15) is 8.42 Å². The van der Waals surface area contributed by atoms with Crippen LogP contribution in [0.15, 0.2) is 0 Å². The van der Waals surface area contributed by atoms with E-state index in [0.717, 1.165) is 18.6 Å². The van der Waals surface area contributed by atoms with E-state index in [4.69, 9.17) is 5.26 Å². The van der Waals surface area contributed by atoms with Gasteiger partial charge in [0, 0.05) is 0 Å². The lowest BCUT2D eigenvalue weighted by molar-refractivity contribution is 0.550. The van der Waals surface area contributed by atoms with Gasteiger partial charge in [0.1, 0.15) is 4.75 Å². The van der Waals surface area contributed by atoms with Crippen LogP contribution in [0, 0.1) is 11.3 Å². The van der Waals surface area contributed by atoms with Crippen molar-refractivity contribution in [3.8, 4) is 6.07 Å². The molecule has 1 aliphatic heterocycles. The lowest BCUT2D eigenvalue weighted by Crippen LogP contribution is -2.33. The topological polar surface area (TPSA) is 57.9 Å². The average molecular weight is 261 g/mol. The van der Waals surface area contributed by atoms with Gasteiger partial charge in [-0.3, -0.25) is 0 Å². The number of sulfone groups is 1. The van der Waals surface area contributed by atoms with E-state index in [-0.39, 0.29) is 5.75 Å². The zero-order chi connectivity index (χ0) is 12.4. The minimum atomic E-state index is -3.10. The van der Waals surface area contributed by atoms with Gasteiger partial charge in [-0.25, -0.2) is 8.42 Å². The van der Waals surface area contributed by atoms with Gasteiger partial charge in [-0.15, -0.1) is 11.8 Å². The molecule has 5 heteroatoms. The van der Waals surface area contributed by atoms with Crippen LogP contribution >= 0.6 is 11.8 Å². The molecule has 0 aromatic carbocycles. The van der Waals surface area contributed by atoms with Gasteiger partial charge in [-0.05, 0) is 45.8 Å². The second-order valence-electron chi connectivity index (χ2n) is 5.24. The fourth-order valence-corrected chi connectivity index (χ4v) is 4.28. The molecule has 1 aliphatic rings.